The van der Waals surface area contributed by atoms with Crippen molar-refractivity contribution in [1.29, 1.82) is 0 Å². The van der Waals surface area contributed by atoms with Crippen LogP contribution in [0.25, 0.3) is 17.0 Å². The van der Waals surface area contributed by atoms with E-state index in [-0.39, 0.29) is 18.0 Å². The Morgan fingerprint density at radius 2 is 1.86 bits per heavy atom. The average Bonchev–Trinajstić information content (AvgIpc) is 3.33. The van der Waals surface area contributed by atoms with E-state index in [1.807, 2.05) is 32.9 Å². The van der Waals surface area contributed by atoms with Gasteiger partial charge in [0.15, 0.2) is 0 Å². The van der Waals surface area contributed by atoms with Crippen molar-refractivity contribution in [2.45, 2.75) is 52.7 Å². The van der Waals surface area contributed by atoms with E-state index in [4.69, 9.17) is 9.26 Å². The zero-order chi connectivity index (χ0) is 24.9. The molecule has 1 aromatic heterocycles. The third-order valence-corrected chi connectivity index (χ3v) is 6.05. The lowest BCUT2D eigenvalue weighted by atomic mass is 9.93. The van der Waals surface area contributed by atoms with Crippen molar-refractivity contribution in [3.8, 4) is 11.4 Å². The zero-order valence-corrected chi connectivity index (χ0v) is 20.5. The lowest BCUT2D eigenvalue weighted by Gasteiger charge is -2.35. The Labute approximate surface area is 205 Å². The summed E-state index contributed by atoms with van der Waals surface area (Å²) < 4.78 is 24.7. The molecule has 0 saturated heterocycles. The van der Waals surface area contributed by atoms with Gasteiger partial charge >= 0.3 is 6.03 Å². The minimum Gasteiger partial charge on any atom is -0.379 e. The van der Waals surface area contributed by atoms with Crippen molar-refractivity contribution < 1.29 is 18.4 Å². The van der Waals surface area contributed by atoms with Gasteiger partial charge in [-0.3, -0.25) is 4.90 Å². The number of aryl methyl sites for hydroxylation is 1. The molecule has 3 aromatic rings. The number of ether oxygens (including phenoxy) is 1. The lowest BCUT2D eigenvalue weighted by molar-refractivity contribution is 0.0736. The summed E-state index contributed by atoms with van der Waals surface area (Å²) in [6.45, 7) is 9.02. The van der Waals surface area contributed by atoms with Crippen LogP contribution in [-0.4, -0.2) is 40.3 Å². The fourth-order valence-corrected chi connectivity index (χ4v) is 4.11. The molecule has 35 heavy (non-hydrogen) atoms. The van der Waals surface area contributed by atoms with Crippen LogP contribution >= 0.6 is 0 Å². The molecule has 2 heterocycles. The molecule has 184 valence electrons. The monoisotopic (exact) mass is 478 g/mol. The molecule has 4 rings (SSSR count). The largest absolute Gasteiger partial charge is 0.379 e. The van der Waals surface area contributed by atoms with E-state index in [1.54, 1.807) is 17.0 Å². The molecule has 0 aliphatic carbocycles. The van der Waals surface area contributed by atoms with Gasteiger partial charge < -0.3 is 14.6 Å². The minimum absolute atomic E-state index is 0.135. The van der Waals surface area contributed by atoms with Gasteiger partial charge in [0, 0.05) is 24.4 Å². The highest BCUT2D eigenvalue weighted by Crippen LogP contribution is 2.37. The van der Waals surface area contributed by atoms with Crippen molar-refractivity contribution in [3.05, 3.63) is 77.1 Å². The molecule has 0 bridgehead atoms. The molecule has 1 N–H and O–H groups in total. The van der Waals surface area contributed by atoms with Gasteiger partial charge in [-0.2, -0.15) is 4.98 Å². The number of nitrogens with one attached hydrogen (secondary N) is 1. The Balaban J connectivity index is 1.70. The summed E-state index contributed by atoms with van der Waals surface area (Å²) in [6, 6.07) is 13.4. The molecule has 0 fully saturated rings. The molecule has 1 aliphatic heterocycles. The van der Waals surface area contributed by atoms with E-state index in [2.05, 4.69) is 34.5 Å². The van der Waals surface area contributed by atoms with Gasteiger partial charge in [0.25, 0.3) is 5.89 Å². The normalized spacial score (nSPS) is 16.2. The quantitative estimate of drug-likeness (QED) is 0.396. The third kappa shape index (κ3) is 5.59. The van der Waals surface area contributed by atoms with Gasteiger partial charge in [0.05, 0.1) is 17.7 Å². The smallest absolute Gasteiger partial charge is 0.322 e. The van der Waals surface area contributed by atoms with Crippen molar-refractivity contribution in [3.63, 3.8) is 0 Å². The van der Waals surface area contributed by atoms with Crippen LogP contribution in [0.15, 0.2) is 58.8 Å². The van der Waals surface area contributed by atoms with Crippen LogP contribution < -0.4 is 5.32 Å². The zero-order valence-electron chi connectivity index (χ0n) is 20.5. The molecular formula is C27H31FN4O3. The molecule has 2 amide bonds. The Hall–Kier alpha value is -3.52. The fourth-order valence-electron chi connectivity index (χ4n) is 4.11. The number of hydrogen-bond donors (Lipinski definition) is 1. The number of carbonyl (C=O) groups excluding carboxylic acids is 1. The van der Waals surface area contributed by atoms with Gasteiger partial charge in [-0.1, -0.05) is 36.3 Å². The number of halogens is 1. The number of urea groups is 1. The second-order valence-electron chi connectivity index (χ2n) is 8.83. The molecule has 8 heteroatoms. The Bertz CT molecular complexity index is 1190. The van der Waals surface area contributed by atoms with Gasteiger partial charge in [-0.25, -0.2) is 9.18 Å². The number of amides is 2. The van der Waals surface area contributed by atoms with Gasteiger partial charge in [0.2, 0.25) is 5.82 Å². The molecule has 1 atom stereocenters. The second kappa shape index (κ2) is 10.8. The van der Waals surface area contributed by atoms with Crippen molar-refractivity contribution in [2.24, 2.45) is 0 Å². The van der Waals surface area contributed by atoms with E-state index in [9.17, 15) is 9.18 Å². The fraction of sp³-hybridized carbons (Fsp3) is 0.370. The number of rotatable bonds is 9. The summed E-state index contributed by atoms with van der Waals surface area (Å²) in [5.74, 6) is 0.336. The van der Waals surface area contributed by atoms with Crippen LogP contribution in [0.4, 0.5) is 9.18 Å². The molecule has 0 saturated carbocycles. The summed E-state index contributed by atoms with van der Waals surface area (Å²) in [6.07, 6.45) is 1.75. The first-order valence-electron chi connectivity index (χ1n) is 12.0. The van der Waals surface area contributed by atoms with E-state index in [1.165, 1.54) is 17.7 Å². The first kappa shape index (κ1) is 24.6. The van der Waals surface area contributed by atoms with Crippen LogP contribution in [0.5, 0.6) is 0 Å². The molecule has 0 radical (unpaired) electrons. The molecule has 1 unspecified atom stereocenters. The van der Waals surface area contributed by atoms with Crippen molar-refractivity contribution in [2.75, 3.05) is 13.2 Å². The molecular weight excluding hydrogens is 447 g/mol. The maximum Gasteiger partial charge on any atom is 0.322 e. The lowest BCUT2D eigenvalue weighted by Crippen LogP contribution is -2.46. The van der Waals surface area contributed by atoms with Crippen molar-refractivity contribution in [1.82, 2.24) is 20.4 Å². The van der Waals surface area contributed by atoms with E-state index >= 15 is 0 Å². The topological polar surface area (TPSA) is 80.5 Å². The predicted molar refractivity (Wildman–Crippen MR) is 132 cm³/mol. The number of hydrogen-bond acceptors (Lipinski definition) is 5. The van der Waals surface area contributed by atoms with E-state index in [0.717, 1.165) is 23.3 Å². The maximum atomic E-state index is 13.4. The first-order valence-corrected chi connectivity index (χ1v) is 12.0. The molecule has 7 nitrogen and oxygen atoms in total. The number of aromatic nitrogens is 2. The summed E-state index contributed by atoms with van der Waals surface area (Å²) in [5.41, 5.74) is 4.26. The summed E-state index contributed by atoms with van der Waals surface area (Å²) in [5, 5.41) is 7.24. The molecule has 2 aromatic carbocycles. The summed E-state index contributed by atoms with van der Waals surface area (Å²) >= 11 is 0. The number of carbonyl (C=O) groups is 1. The third-order valence-electron chi connectivity index (χ3n) is 6.05. The molecule has 1 aliphatic rings. The van der Waals surface area contributed by atoms with Crippen molar-refractivity contribution >= 4 is 11.6 Å². The van der Waals surface area contributed by atoms with Gasteiger partial charge in [-0.05, 0) is 69.0 Å². The molecule has 0 spiro atoms. The van der Waals surface area contributed by atoms with Crippen LogP contribution in [0.2, 0.25) is 0 Å². The Kier molecular flexibility index (Phi) is 7.60. The number of nitrogens with zero attached hydrogens (tertiary/aromatic N) is 3. The number of benzene rings is 2. The highest BCUT2D eigenvalue weighted by molar-refractivity contribution is 5.86. The van der Waals surface area contributed by atoms with Crippen LogP contribution in [0, 0.1) is 5.82 Å². The Morgan fingerprint density at radius 1 is 1.14 bits per heavy atom. The predicted octanol–water partition coefficient (Wildman–Crippen LogP) is 5.75. The maximum absolute atomic E-state index is 13.4. The van der Waals surface area contributed by atoms with Crippen LogP contribution in [-0.2, 0) is 11.2 Å². The number of allylic oxidation sites excluding steroid dienone is 1. The van der Waals surface area contributed by atoms with Gasteiger partial charge in [0.1, 0.15) is 5.82 Å². The van der Waals surface area contributed by atoms with E-state index in [0.29, 0.717) is 36.9 Å². The SMILES string of the molecule is CCc1ccc(C2NC(=O)N(CCCOC(C)C)C(C)=C2c2nc(-c3ccc(F)cc3)no2)cc1. The average molecular weight is 479 g/mol. The minimum atomic E-state index is -0.446. The van der Waals surface area contributed by atoms with Crippen LogP contribution in [0.3, 0.4) is 0 Å². The van der Waals surface area contributed by atoms with Gasteiger partial charge in [-0.15, -0.1) is 0 Å². The standard InChI is InChI=1S/C27H31FN4O3/c1-5-19-7-9-20(10-8-19)24-23(18(4)32(27(33)29-24)15-6-16-34-17(2)3)26-30-25(31-35-26)21-11-13-22(28)14-12-21/h7-14,17,24H,5-6,15-16H2,1-4H3,(H,29,33). The Morgan fingerprint density at radius 3 is 2.51 bits per heavy atom. The van der Waals surface area contributed by atoms with E-state index < -0.39 is 6.04 Å². The first-order chi connectivity index (χ1) is 16.9. The summed E-state index contributed by atoms with van der Waals surface area (Å²) in [4.78, 5) is 19.4. The highest BCUT2D eigenvalue weighted by atomic mass is 19.1. The highest BCUT2D eigenvalue weighted by Gasteiger charge is 2.35. The van der Waals surface area contributed by atoms with Crippen LogP contribution in [0.1, 0.15) is 57.2 Å². The summed E-state index contributed by atoms with van der Waals surface area (Å²) in [7, 11) is 0. The second-order valence-corrected chi connectivity index (χ2v) is 8.83.